The fourth-order valence-electron chi connectivity index (χ4n) is 2.34. The average molecular weight is 261 g/mol. The van der Waals surface area contributed by atoms with Gasteiger partial charge in [0.05, 0.1) is 6.04 Å². The van der Waals surface area contributed by atoms with E-state index in [2.05, 4.69) is 5.16 Å². The van der Waals surface area contributed by atoms with E-state index >= 15 is 0 Å². The molecule has 1 saturated heterocycles. The molecule has 0 aliphatic carbocycles. The fraction of sp³-hybridized carbons (Fsp3) is 0.429. The first kappa shape index (κ1) is 13.4. The van der Waals surface area contributed by atoms with Gasteiger partial charge in [-0.05, 0) is 26.3 Å². The normalized spacial score (nSPS) is 22.1. The smallest absolute Gasteiger partial charge is 0.326 e. The predicted octanol–water partition coefficient (Wildman–Crippen LogP) is 2.68. The third-order valence-electron chi connectivity index (χ3n) is 3.87. The van der Waals surface area contributed by atoms with Crippen molar-refractivity contribution in [3.63, 3.8) is 0 Å². The summed E-state index contributed by atoms with van der Waals surface area (Å²) in [6, 6.07) is 9.36. The highest BCUT2D eigenvalue weighted by atomic mass is 16.4. The van der Waals surface area contributed by atoms with Gasteiger partial charge in [-0.25, -0.2) is 4.79 Å². The topological polar surface area (TPSA) is 56.1 Å². The van der Waals surface area contributed by atoms with Crippen LogP contribution in [0.5, 0.6) is 0 Å². The molecule has 1 aromatic rings. The summed E-state index contributed by atoms with van der Waals surface area (Å²) < 4.78 is 0. The lowest BCUT2D eigenvalue weighted by molar-refractivity contribution is 0.181. The molecule has 0 saturated carbocycles. The SMILES string of the molecule is CC(c1ccccc1)N1C(=O)N(C)C(C)(C)/C1=N\O. The van der Waals surface area contributed by atoms with Crippen molar-refractivity contribution in [2.45, 2.75) is 32.4 Å². The van der Waals surface area contributed by atoms with Gasteiger partial charge in [-0.15, -0.1) is 0 Å². The van der Waals surface area contributed by atoms with Crippen molar-refractivity contribution in [2.24, 2.45) is 5.16 Å². The predicted molar refractivity (Wildman–Crippen MR) is 73.2 cm³/mol. The molecule has 1 unspecified atom stereocenters. The van der Waals surface area contributed by atoms with E-state index in [1.165, 1.54) is 4.90 Å². The van der Waals surface area contributed by atoms with Crippen molar-refractivity contribution < 1.29 is 10.0 Å². The largest absolute Gasteiger partial charge is 0.409 e. The van der Waals surface area contributed by atoms with Crippen LogP contribution in [0.2, 0.25) is 0 Å². The number of carbonyl (C=O) groups is 1. The number of urea groups is 1. The third-order valence-corrected chi connectivity index (χ3v) is 3.87. The van der Waals surface area contributed by atoms with Crippen LogP contribution in [0.25, 0.3) is 0 Å². The van der Waals surface area contributed by atoms with E-state index in [0.29, 0.717) is 5.84 Å². The summed E-state index contributed by atoms with van der Waals surface area (Å²) in [6.45, 7) is 5.64. The Morgan fingerprint density at radius 3 is 2.37 bits per heavy atom. The van der Waals surface area contributed by atoms with E-state index in [4.69, 9.17) is 0 Å². The summed E-state index contributed by atoms with van der Waals surface area (Å²) in [5, 5.41) is 12.6. The molecule has 1 aliphatic rings. The monoisotopic (exact) mass is 261 g/mol. The molecule has 102 valence electrons. The molecular formula is C14H19N3O2. The molecule has 0 bridgehead atoms. The van der Waals surface area contributed by atoms with Gasteiger partial charge in [0, 0.05) is 7.05 Å². The summed E-state index contributed by atoms with van der Waals surface area (Å²) in [5.74, 6) is 0.372. The molecule has 2 amide bonds. The Morgan fingerprint density at radius 1 is 1.26 bits per heavy atom. The van der Waals surface area contributed by atoms with Gasteiger partial charge in [0.2, 0.25) is 0 Å². The number of hydrogen-bond donors (Lipinski definition) is 1. The zero-order valence-electron chi connectivity index (χ0n) is 11.7. The number of amidine groups is 1. The highest BCUT2D eigenvalue weighted by molar-refractivity contribution is 6.09. The van der Waals surface area contributed by atoms with Crippen molar-refractivity contribution in [3.05, 3.63) is 35.9 Å². The number of amides is 2. The second-order valence-electron chi connectivity index (χ2n) is 5.28. The maximum Gasteiger partial charge on any atom is 0.326 e. The van der Waals surface area contributed by atoms with Crippen LogP contribution >= 0.6 is 0 Å². The molecule has 19 heavy (non-hydrogen) atoms. The zero-order valence-corrected chi connectivity index (χ0v) is 11.7. The number of likely N-dealkylation sites (N-methyl/N-ethyl adjacent to an activating group) is 1. The van der Waals surface area contributed by atoms with Gasteiger partial charge in [0.15, 0.2) is 5.84 Å². The Morgan fingerprint density at radius 2 is 1.84 bits per heavy atom. The van der Waals surface area contributed by atoms with E-state index in [-0.39, 0.29) is 12.1 Å². The molecule has 1 fully saturated rings. The Kier molecular flexibility index (Phi) is 3.22. The van der Waals surface area contributed by atoms with Crippen LogP contribution in [0.3, 0.4) is 0 Å². The quantitative estimate of drug-likeness (QED) is 0.657. The Hall–Kier alpha value is -2.04. The van der Waals surface area contributed by atoms with Crippen molar-refractivity contribution in [1.29, 1.82) is 0 Å². The Labute approximate surface area is 113 Å². The van der Waals surface area contributed by atoms with E-state index in [9.17, 15) is 10.0 Å². The molecular weight excluding hydrogens is 242 g/mol. The molecule has 5 heteroatoms. The van der Waals surface area contributed by atoms with Crippen LogP contribution in [0, 0.1) is 0 Å². The molecule has 0 aromatic heterocycles. The van der Waals surface area contributed by atoms with Crippen molar-refractivity contribution in [3.8, 4) is 0 Å². The van der Waals surface area contributed by atoms with Crippen LogP contribution in [0.15, 0.2) is 35.5 Å². The van der Waals surface area contributed by atoms with Crippen LogP contribution < -0.4 is 0 Å². The first-order valence-electron chi connectivity index (χ1n) is 6.25. The third kappa shape index (κ3) is 1.95. The minimum atomic E-state index is -0.616. The molecule has 5 nitrogen and oxygen atoms in total. The molecule has 1 heterocycles. The van der Waals surface area contributed by atoms with E-state index in [1.807, 2.05) is 51.1 Å². The summed E-state index contributed by atoms with van der Waals surface area (Å²) in [7, 11) is 1.71. The van der Waals surface area contributed by atoms with Crippen LogP contribution in [-0.4, -0.2) is 39.5 Å². The van der Waals surface area contributed by atoms with Gasteiger partial charge in [-0.2, -0.15) is 0 Å². The maximum atomic E-state index is 12.4. The fourth-order valence-corrected chi connectivity index (χ4v) is 2.34. The van der Waals surface area contributed by atoms with Crippen molar-refractivity contribution in [1.82, 2.24) is 9.80 Å². The van der Waals surface area contributed by atoms with Gasteiger partial charge in [-0.3, -0.25) is 4.90 Å². The van der Waals surface area contributed by atoms with Gasteiger partial charge >= 0.3 is 6.03 Å². The van der Waals surface area contributed by atoms with E-state index in [1.54, 1.807) is 11.9 Å². The Bertz CT molecular complexity index is 511. The first-order valence-corrected chi connectivity index (χ1v) is 6.25. The number of nitrogens with zero attached hydrogens (tertiary/aromatic N) is 3. The number of oxime groups is 1. The number of carbonyl (C=O) groups excluding carboxylic acids is 1. The lowest BCUT2D eigenvalue weighted by Crippen LogP contribution is -2.42. The molecule has 1 N–H and O–H groups in total. The van der Waals surface area contributed by atoms with Crippen LogP contribution in [0.4, 0.5) is 4.79 Å². The maximum absolute atomic E-state index is 12.4. The summed E-state index contributed by atoms with van der Waals surface area (Å²) >= 11 is 0. The molecule has 0 spiro atoms. The lowest BCUT2D eigenvalue weighted by Gasteiger charge is -2.26. The van der Waals surface area contributed by atoms with Crippen molar-refractivity contribution in [2.75, 3.05) is 7.05 Å². The summed E-state index contributed by atoms with van der Waals surface area (Å²) in [6.07, 6.45) is 0. The highest BCUT2D eigenvalue weighted by Crippen LogP contribution is 2.33. The van der Waals surface area contributed by atoms with Gasteiger partial charge in [-0.1, -0.05) is 35.5 Å². The minimum absolute atomic E-state index is 0.158. The second-order valence-corrected chi connectivity index (χ2v) is 5.28. The van der Waals surface area contributed by atoms with Gasteiger partial charge in [0.25, 0.3) is 0 Å². The molecule has 2 rings (SSSR count). The number of rotatable bonds is 2. The molecule has 1 aromatic carbocycles. The number of hydrogen-bond acceptors (Lipinski definition) is 3. The summed E-state index contributed by atoms with van der Waals surface area (Å²) in [4.78, 5) is 15.5. The summed E-state index contributed by atoms with van der Waals surface area (Å²) in [5.41, 5.74) is 0.387. The van der Waals surface area contributed by atoms with Crippen LogP contribution in [0.1, 0.15) is 32.4 Å². The molecule has 0 radical (unpaired) electrons. The van der Waals surface area contributed by atoms with Crippen LogP contribution in [-0.2, 0) is 0 Å². The van der Waals surface area contributed by atoms with E-state index < -0.39 is 5.54 Å². The second kappa shape index (κ2) is 4.57. The van der Waals surface area contributed by atoms with Gasteiger partial charge < -0.3 is 10.1 Å². The lowest BCUT2D eigenvalue weighted by atomic mass is 10.0. The minimum Gasteiger partial charge on any atom is -0.409 e. The highest BCUT2D eigenvalue weighted by Gasteiger charge is 2.49. The van der Waals surface area contributed by atoms with Crippen molar-refractivity contribution >= 4 is 11.9 Å². The van der Waals surface area contributed by atoms with E-state index in [0.717, 1.165) is 5.56 Å². The average Bonchev–Trinajstić information content (AvgIpc) is 2.59. The molecule has 1 atom stereocenters. The standard InChI is InChI=1S/C14H19N3O2/c1-10(11-8-6-5-7-9-11)17-12(15-19)14(2,3)16(4)13(17)18/h5-10,19H,1-4H3/b15-12+. The Balaban J connectivity index is 2.42. The number of benzene rings is 1. The molecule has 1 aliphatic heterocycles. The first-order chi connectivity index (χ1) is 8.91. The zero-order chi connectivity index (χ0) is 14.2. The van der Waals surface area contributed by atoms with Gasteiger partial charge in [0.1, 0.15) is 5.54 Å².